The minimum atomic E-state index is 0.0227. The lowest BCUT2D eigenvalue weighted by Crippen LogP contribution is -1.99. The van der Waals surface area contributed by atoms with Crippen LogP contribution in [0.1, 0.15) is 0 Å². The highest BCUT2D eigenvalue weighted by Gasteiger charge is 2.05. The summed E-state index contributed by atoms with van der Waals surface area (Å²) in [5.74, 6) is 0.570. The van der Waals surface area contributed by atoms with E-state index in [9.17, 15) is 0 Å². The molecule has 0 saturated heterocycles. The summed E-state index contributed by atoms with van der Waals surface area (Å²) in [6.45, 7) is 0. The Morgan fingerprint density at radius 2 is 1.30 bits per heavy atom. The van der Waals surface area contributed by atoms with Crippen LogP contribution in [-0.4, -0.2) is 20.1 Å². The summed E-state index contributed by atoms with van der Waals surface area (Å²) in [6, 6.07) is 15.9. The molecule has 1 heterocycles. The molecule has 5 nitrogen and oxygen atoms in total. The van der Waals surface area contributed by atoms with Gasteiger partial charge < -0.3 is 10.4 Å². The molecule has 3 aromatic rings. The van der Waals surface area contributed by atoms with Crippen molar-refractivity contribution in [1.29, 1.82) is 0 Å². The summed E-state index contributed by atoms with van der Waals surface area (Å²) in [6.07, 6.45) is 0. The monoisotopic (exact) mass is 368 g/mol. The van der Waals surface area contributed by atoms with Crippen LogP contribution < -0.4 is 5.32 Å². The number of halogens is 3. The van der Waals surface area contributed by atoms with Gasteiger partial charge in [0.05, 0.1) is 10.7 Å². The number of rotatable bonds is 2. The summed E-state index contributed by atoms with van der Waals surface area (Å²) >= 11 is 17.2. The molecule has 2 N–H and O–H groups in total. The number of para-hydroxylation sites is 2. The van der Waals surface area contributed by atoms with Crippen molar-refractivity contribution in [3.8, 4) is 5.75 Å². The zero-order chi connectivity index (χ0) is 16.7. The number of aromatic hydroxyl groups is 1. The fourth-order valence-electron chi connectivity index (χ4n) is 1.49. The third-order valence-electron chi connectivity index (χ3n) is 2.46. The number of nitrogens with one attached hydrogen (secondary N) is 1. The molecule has 23 heavy (non-hydrogen) atoms. The number of nitrogens with zero attached hydrogens (tertiary/aromatic N) is 3. The van der Waals surface area contributed by atoms with Gasteiger partial charge >= 0.3 is 0 Å². The van der Waals surface area contributed by atoms with Gasteiger partial charge in [-0.1, -0.05) is 41.9 Å². The molecule has 0 bridgehead atoms. The Morgan fingerprint density at radius 1 is 0.739 bits per heavy atom. The molecule has 118 valence electrons. The van der Waals surface area contributed by atoms with Crippen LogP contribution in [0.3, 0.4) is 0 Å². The van der Waals surface area contributed by atoms with E-state index in [-0.39, 0.29) is 16.5 Å². The van der Waals surface area contributed by atoms with E-state index in [1.807, 2.05) is 18.2 Å². The Balaban J connectivity index is 0.000000229. The van der Waals surface area contributed by atoms with Gasteiger partial charge in [0.1, 0.15) is 5.75 Å². The quantitative estimate of drug-likeness (QED) is 0.667. The fraction of sp³-hybridized carbons (Fsp3) is 0. The molecule has 0 aliphatic carbocycles. The van der Waals surface area contributed by atoms with Crippen LogP contribution >= 0.6 is 34.8 Å². The summed E-state index contributed by atoms with van der Waals surface area (Å²) in [5, 5.41) is 12.1. The van der Waals surface area contributed by atoms with E-state index in [0.717, 1.165) is 0 Å². The van der Waals surface area contributed by atoms with E-state index >= 15 is 0 Å². The van der Waals surface area contributed by atoms with Gasteiger partial charge in [-0.05, 0) is 47.5 Å². The number of phenolic OH excluding ortho intramolecular Hbond substituents is 1. The molecule has 0 unspecified atom stereocenters. The molecule has 0 radical (unpaired) electrons. The van der Waals surface area contributed by atoms with E-state index in [1.165, 1.54) is 0 Å². The molecule has 8 heteroatoms. The van der Waals surface area contributed by atoms with Gasteiger partial charge in [-0.2, -0.15) is 15.0 Å². The Morgan fingerprint density at radius 3 is 1.83 bits per heavy atom. The maximum Gasteiger partial charge on any atom is 0.232 e. The lowest BCUT2D eigenvalue weighted by atomic mass is 10.3. The molecule has 0 saturated carbocycles. The second-order valence-corrected chi connectivity index (χ2v) is 5.22. The molecule has 2 aromatic carbocycles. The topological polar surface area (TPSA) is 70.9 Å². The van der Waals surface area contributed by atoms with Gasteiger partial charge in [-0.15, -0.1) is 0 Å². The van der Waals surface area contributed by atoms with Gasteiger partial charge in [0.15, 0.2) is 0 Å². The van der Waals surface area contributed by atoms with E-state index in [1.54, 1.807) is 36.4 Å². The average Bonchev–Trinajstić information content (AvgIpc) is 2.50. The molecule has 0 atom stereocenters. The van der Waals surface area contributed by atoms with Crippen molar-refractivity contribution in [2.45, 2.75) is 0 Å². The predicted octanol–water partition coefficient (Wildman–Crippen LogP) is 4.97. The van der Waals surface area contributed by atoms with Crippen molar-refractivity contribution in [1.82, 2.24) is 15.0 Å². The number of anilines is 2. The highest BCUT2D eigenvalue weighted by atomic mass is 35.5. The smallest absolute Gasteiger partial charge is 0.232 e. The summed E-state index contributed by atoms with van der Waals surface area (Å²) in [5.41, 5.74) is 0.669. The van der Waals surface area contributed by atoms with Crippen LogP contribution in [0, 0.1) is 0 Å². The summed E-state index contributed by atoms with van der Waals surface area (Å²) in [4.78, 5) is 11.4. The normalized spacial score (nSPS) is 9.70. The summed E-state index contributed by atoms with van der Waals surface area (Å²) < 4.78 is 0. The predicted molar refractivity (Wildman–Crippen MR) is 92.7 cm³/mol. The van der Waals surface area contributed by atoms with Crippen molar-refractivity contribution < 1.29 is 5.11 Å². The van der Waals surface area contributed by atoms with Crippen LogP contribution in [0.4, 0.5) is 11.6 Å². The zero-order valence-electron chi connectivity index (χ0n) is 11.6. The number of hydrogen-bond acceptors (Lipinski definition) is 5. The first-order valence-corrected chi connectivity index (χ1v) is 7.50. The highest BCUT2D eigenvalue weighted by Crippen LogP contribution is 2.23. The van der Waals surface area contributed by atoms with Crippen molar-refractivity contribution in [2.75, 3.05) is 5.32 Å². The fourth-order valence-corrected chi connectivity index (χ4v) is 2.04. The van der Waals surface area contributed by atoms with Gasteiger partial charge in [0, 0.05) is 0 Å². The third-order valence-corrected chi connectivity index (χ3v) is 3.13. The highest BCUT2D eigenvalue weighted by molar-refractivity contribution is 6.33. The second-order valence-electron chi connectivity index (χ2n) is 4.14. The van der Waals surface area contributed by atoms with Gasteiger partial charge in [-0.3, -0.25) is 0 Å². The number of benzene rings is 2. The Bertz CT molecular complexity index is 751. The van der Waals surface area contributed by atoms with Gasteiger partial charge in [0.2, 0.25) is 16.5 Å². The Kier molecular flexibility index (Phi) is 6.40. The van der Waals surface area contributed by atoms with Crippen molar-refractivity contribution in [2.24, 2.45) is 0 Å². The van der Waals surface area contributed by atoms with Gasteiger partial charge in [0.25, 0.3) is 0 Å². The first-order valence-electron chi connectivity index (χ1n) is 6.37. The number of phenols is 1. The van der Waals surface area contributed by atoms with Crippen LogP contribution in [0.5, 0.6) is 5.75 Å². The van der Waals surface area contributed by atoms with E-state index in [0.29, 0.717) is 16.5 Å². The van der Waals surface area contributed by atoms with E-state index in [2.05, 4.69) is 20.3 Å². The lowest BCUT2D eigenvalue weighted by Gasteiger charge is -2.06. The SMILES string of the molecule is Clc1nc(Cl)nc(Nc2ccccc2Cl)n1.Oc1ccccc1. The molecule has 3 rings (SSSR count). The molecule has 0 spiro atoms. The molecule has 1 aromatic heterocycles. The molecule has 0 amide bonds. The standard InChI is InChI=1S/C9H5Cl3N4.C6H6O/c10-5-3-1-2-4-6(5)13-9-15-7(11)14-8(12)16-9;7-6-4-2-1-3-5-6/h1-4H,(H,13,14,15,16);1-5,7H. The molecular formula is C15H11Cl3N4O. The minimum Gasteiger partial charge on any atom is -0.508 e. The Hall–Kier alpha value is -2.08. The molecule has 0 aliphatic rings. The van der Waals surface area contributed by atoms with E-state index in [4.69, 9.17) is 39.9 Å². The number of hydrogen-bond donors (Lipinski definition) is 2. The van der Waals surface area contributed by atoms with Crippen molar-refractivity contribution in [3.05, 3.63) is 70.2 Å². The van der Waals surface area contributed by atoms with Crippen molar-refractivity contribution in [3.63, 3.8) is 0 Å². The maximum absolute atomic E-state index is 8.63. The van der Waals surface area contributed by atoms with Gasteiger partial charge in [-0.25, -0.2) is 0 Å². The van der Waals surface area contributed by atoms with Crippen LogP contribution in [0.2, 0.25) is 15.6 Å². The van der Waals surface area contributed by atoms with Crippen LogP contribution in [0.25, 0.3) is 0 Å². The first kappa shape index (κ1) is 17.3. The molecule has 0 aliphatic heterocycles. The molecule has 0 fully saturated rings. The Labute approximate surface area is 147 Å². The van der Waals surface area contributed by atoms with E-state index < -0.39 is 0 Å². The average molecular weight is 370 g/mol. The minimum absolute atomic E-state index is 0.0227. The third kappa shape index (κ3) is 5.90. The number of aromatic nitrogens is 3. The van der Waals surface area contributed by atoms with Crippen LogP contribution in [-0.2, 0) is 0 Å². The largest absolute Gasteiger partial charge is 0.508 e. The zero-order valence-corrected chi connectivity index (χ0v) is 13.9. The lowest BCUT2D eigenvalue weighted by molar-refractivity contribution is 0.475. The second kappa shape index (κ2) is 8.53. The summed E-state index contributed by atoms with van der Waals surface area (Å²) in [7, 11) is 0. The van der Waals surface area contributed by atoms with Crippen molar-refractivity contribution >= 4 is 46.4 Å². The van der Waals surface area contributed by atoms with Crippen LogP contribution in [0.15, 0.2) is 54.6 Å². The maximum atomic E-state index is 8.63. The first-order chi connectivity index (χ1) is 11.0. The molecular weight excluding hydrogens is 359 g/mol.